The molecule has 31 nitrogen and oxygen atoms in total. The number of nitriles is 1. The highest BCUT2D eigenvalue weighted by Crippen LogP contribution is 2.53. The first-order valence-electron chi connectivity index (χ1n) is 42.0. The number of alkyl halides is 5. The van der Waals surface area contributed by atoms with Gasteiger partial charge in [0.25, 0.3) is 20.3 Å². The number of rotatable bonds is 32. The largest absolute Gasteiger partial charge is 0.695 e. The van der Waals surface area contributed by atoms with Gasteiger partial charge in [0, 0.05) is 45.7 Å². The lowest BCUT2D eigenvalue weighted by molar-refractivity contribution is -0.192. The van der Waals surface area contributed by atoms with E-state index >= 15 is 8.78 Å². The molecule has 7 heterocycles. The van der Waals surface area contributed by atoms with Crippen LogP contribution in [0.3, 0.4) is 0 Å². The van der Waals surface area contributed by atoms with Crippen molar-refractivity contribution in [1.82, 2.24) is 48.7 Å². The third-order valence-electron chi connectivity index (χ3n) is 20.5. The van der Waals surface area contributed by atoms with Gasteiger partial charge in [-0.1, -0.05) is 152 Å². The quantitative estimate of drug-likeness (QED) is 0.0113. The Balaban J connectivity index is 0.000000219. The summed E-state index contributed by atoms with van der Waals surface area (Å²) in [5, 5.41) is 22.1. The molecule has 13 aromatic rings. The fourth-order valence-corrected chi connectivity index (χ4v) is 16.8. The Bertz CT molecular complexity index is 5820. The van der Waals surface area contributed by atoms with Crippen molar-refractivity contribution in [3.05, 3.63) is 319 Å². The van der Waals surface area contributed by atoms with Gasteiger partial charge in [0.1, 0.15) is 65.2 Å². The molecule has 0 radical (unpaired) electrons. The zero-order valence-corrected chi connectivity index (χ0v) is 76.7. The number of carbonyl (C=O) groups is 3. The van der Waals surface area contributed by atoms with E-state index in [1.807, 2.05) is 235 Å². The predicted octanol–water partition coefficient (Wildman–Crippen LogP) is 17.8. The molecule has 2 saturated heterocycles. The fourth-order valence-electron chi connectivity index (χ4n) is 14.5. The van der Waals surface area contributed by atoms with E-state index in [2.05, 4.69) is 51.6 Å². The van der Waals surface area contributed by atoms with Crippen molar-refractivity contribution in [1.29, 1.82) is 5.26 Å². The second-order valence-electron chi connectivity index (χ2n) is 31.5. The number of anilines is 2. The maximum Gasteiger partial charge on any atom is 0.695 e. The number of nitrogens with two attached hydrogens (primary N) is 1. The normalized spacial score (nSPS) is 17.4. The third-order valence-corrected chi connectivity index (χ3v) is 23.1. The van der Waals surface area contributed by atoms with E-state index in [-0.39, 0.29) is 77.8 Å². The van der Waals surface area contributed by atoms with Crippen molar-refractivity contribution in [2.45, 2.75) is 139 Å². The lowest BCUT2D eigenvalue weighted by Crippen LogP contribution is -2.41. The molecular formula is C96H102F5N14O17P2+. The summed E-state index contributed by atoms with van der Waals surface area (Å²) >= 11 is 0. The number of ether oxygens (including phenoxy) is 8. The molecule has 2 aliphatic rings. The zero-order chi connectivity index (χ0) is 96.3. The van der Waals surface area contributed by atoms with Crippen LogP contribution < -0.4 is 35.3 Å². The molecule has 2 fully saturated rings. The molecule has 5 aromatic heterocycles. The molecule has 15 rings (SSSR count). The Hall–Kier alpha value is -13.1. The maximum atomic E-state index is 17.7. The number of methoxy groups -OCH3 is 4. The van der Waals surface area contributed by atoms with Gasteiger partial charge < -0.3 is 68.4 Å². The molecule has 6 N–H and O–H groups in total. The number of pyridine rings is 1. The molecule has 38 heteroatoms. The Morgan fingerprint density at radius 2 is 0.858 bits per heavy atom. The number of nitrogens with one attached hydrogen (secondary N) is 2. The van der Waals surface area contributed by atoms with Gasteiger partial charge in [-0.2, -0.15) is 18.4 Å². The van der Waals surface area contributed by atoms with Crippen LogP contribution in [-0.2, 0) is 53.1 Å². The number of imidazole rings is 2. The highest BCUT2D eigenvalue weighted by Gasteiger charge is 2.55. The van der Waals surface area contributed by atoms with Gasteiger partial charge in [-0.05, 0) is 167 Å². The SMILES string of the molecule is CC(C)(C)N.COc1ccc(C(OC[C@H]2O[C@@H](n3cnc4c(NC(=O)c5ccccc5)ncnc43)[C@H](F)[C@@H]2OP(OCCC#N)N(C(C)C)C(C)C)(c2ccccc2)c2ccc(OC)cc2)cc1.COc1ccc(C(OC[C@H]2O[C@@H](n3cnc4c(NC(=O)c5ccccc5)ncnc43)[C@H](F)[C@@H]2O[P+](=O)O)(c2ccccc2)c2ccc(OC)cc2)cc1.O=C(O)C(F)(F)F.c1ccncc1. The molecule has 2 unspecified atom stereocenters. The lowest BCUT2D eigenvalue weighted by Gasteiger charge is -2.39. The van der Waals surface area contributed by atoms with Crippen molar-refractivity contribution in [2.24, 2.45) is 5.73 Å². The van der Waals surface area contributed by atoms with Gasteiger partial charge in [-0.15, -0.1) is 9.42 Å². The number of fused-ring (bicyclic) bond motifs is 2. The van der Waals surface area contributed by atoms with Gasteiger partial charge in [0.15, 0.2) is 64.9 Å². The topological polar surface area (TPSA) is 387 Å². The standard InChI is InChI=1S/C47H51FN7O7P.C38H33FN5O8P.C5H5N.C4H11N.C2HF3O2/c1-31(2)55(32(3)4)63(60-27-13-26-49)62-42-39(61-46(40(42)48)54-30-52-41-43(50-29-51-44(41)54)53-45(56)33-14-9-7-10-15-33)28-59-47(34-16-11-8-12-17-34,35-18-22-37(57-5)23-19-35)36-20-24-38(58-6)25-21-36;1-48-28-17-13-26(14-18-28)38(25-11-7-4-8-12-25,27-15-19-29(49-2)20-16-27)50-21-30-33(52-53(46)47)31(39)37(51-30)44-23-42-32-34(40-22-41-35(32)44)43-36(45)24-9-5-3-6-10-24;1-2-4-6-5-3-1;1-4(2,3)5;3-2(4,5)1(6)7/h7-12,14-25,29-32,39-40,42,46H,13,27-28H2,1-6H3,(H,50,51,53,56);3-20,22-23,30-31,33,37H,21H2,1-2H3,(H-,40,41,43,45,46,47);1-5H;5H2,1-3H3;(H,6,7)/p+1/t39-,40-,42-,46-,63?;30-,31-,33-,37-;;;/m11.../s1. The van der Waals surface area contributed by atoms with Gasteiger partial charge >= 0.3 is 20.4 Å². The summed E-state index contributed by atoms with van der Waals surface area (Å²) in [6, 6.07) is 74.2. The molecule has 0 saturated carbocycles. The van der Waals surface area contributed by atoms with E-state index < -0.39 is 101 Å². The summed E-state index contributed by atoms with van der Waals surface area (Å²) in [5.74, 6) is -0.727. The number of halogens is 5. The number of aliphatic carboxylic acids is 1. The van der Waals surface area contributed by atoms with Crippen molar-refractivity contribution < 1.29 is 102 Å². The van der Waals surface area contributed by atoms with Crippen LogP contribution in [0, 0.1) is 11.3 Å². The number of carboxylic acids is 1. The number of hydrogen-bond acceptors (Lipinski definition) is 25. The van der Waals surface area contributed by atoms with Gasteiger partial charge in [0.05, 0.1) is 73.4 Å². The van der Waals surface area contributed by atoms with E-state index in [1.165, 1.54) is 34.4 Å². The van der Waals surface area contributed by atoms with Crippen LogP contribution in [0.2, 0.25) is 0 Å². The molecule has 2 aliphatic heterocycles. The number of hydrogen-bond donors (Lipinski definition) is 5. The van der Waals surface area contributed by atoms with Crippen LogP contribution in [-0.4, -0.2) is 185 Å². The van der Waals surface area contributed by atoms with Gasteiger partial charge in [-0.25, -0.2) is 48.1 Å². The van der Waals surface area contributed by atoms with Crippen molar-refractivity contribution in [3.63, 3.8) is 0 Å². The van der Waals surface area contributed by atoms with Crippen LogP contribution in [0.25, 0.3) is 22.3 Å². The lowest BCUT2D eigenvalue weighted by atomic mass is 9.80. The molecule has 8 aromatic carbocycles. The minimum atomic E-state index is -5.08. The second-order valence-corrected chi connectivity index (χ2v) is 33.6. The van der Waals surface area contributed by atoms with Crippen molar-refractivity contribution in [2.75, 3.05) is 58.9 Å². The van der Waals surface area contributed by atoms with Gasteiger partial charge in [-0.3, -0.25) is 23.7 Å². The average molecular weight is 1880 g/mol. The van der Waals surface area contributed by atoms with Crippen molar-refractivity contribution in [3.8, 4) is 29.1 Å². The number of carboxylic acid groups (broad SMARTS) is 1. The van der Waals surface area contributed by atoms with Crippen LogP contribution in [0.15, 0.2) is 274 Å². The van der Waals surface area contributed by atoms with E-state index in [0.29, 0.717) is 45.3 Å². The van der Waals surface area contributed by atoms with Crippen molar-refractivity contribution >= 4 is 68.5 Å². The summed E-state index contributed by atoms with van der Waals surface area (Å²) in [6.07, 6.45) is -7.78. The summed E-state index contributed by atoms with van der Waals surface area (Å²) in [6.45, 7) is 13.6. The Kier molecular flexibility index (Phi) is 35.9. The van der Waals surface area contributed by atoms with Crippen LogP contribution >= 0.6 is 16.8 Å². The maximum absolute atomic E-state index is 17.7. The van der Waals surface area contributed by atoms with Crippen LogP contribution in [0.5, 0.6) is 23.0 Å². The molecular weight excluding hydrogens is 1780 g/mol. The highest BCUT2D eigenvalue weighted by molar-refractivity contribution is 7.44. The first kappa shape index (κ1) is 101. The summed E-state index contributed by atoms with van der Waals surface area (Å²) in [5.41, 5.74) is 8.98. The molecule has 0 spiro atoms. The number of amides is 2. The smallest absolute Gasteiger partial charge is 0.497 e. The third kappa shape index (κ3) is 25.6. The minimum Gasteiger partial charge on any atom is -0.497 e. The first-order chi connectivity index (χ1) is 64.3. The molecule has 2 amide bonds. The highest BCUT2D eigenvalue weighted by atomic mass is 31.2. The van der Waals surface area contributed by atoms with E-state index in [4.69, 9.17) is 67.1 Å². The molecule has 0 aliphatic carbocycles. The number of benzene rings is 8. The molecule has 134 heavy (non-hydrogen) atoms. The van der Waals surface area contributed by atoms with Gasteiger partial charge in [0.2, 0.25) is 0 Å². The van der Waals surface area contributed by atoms with E-state index in [0.717, 1.165) is 22.3 Å². The second kappa shape index (κ2) is 47.5. The zero-order valence-electron chi connectivity index (χ0n) is 74.9. The minimum absolute atomic E-state index is 0. The monoisotopic (exact) mass is 1880 g/mol. The summed E-state index contributed by atoms with van der Waals surface area (Å²) in [7, 11) is 1.19. The van der Waals surface area contributed by atoms with E-state index in [1.54, 1.807) is 95.4 Å². The Labute approximate surface area is 772 Å². The van der Waals surface area contributed by atoms with E-state index in [9.17, 15) is 37.5 Å². The predicted molar refractivity (Wildman–Crippen MR) is 490 cm³/mol. The Morgan fingerprint density at radius 1 is 0.530 bits per heavy atom. The van der Waals surface area contributed by atoms with Crippen LogP contribution in [0.1, 0.15) is 121 Å². The summed E-state index contributed by atoms with van der Waals surface area (Å²) in [4.78, 5) is 74.7. The number of nitrogens with zero attached hydrogens (tertiary/aromatic N) is 11. The molecule has 0 bridgehead atoms. The number of carbonyl (C=O) groups excluding carboxylic acids is 2. The van der Waals surface area contributed by atoms with Crippen LogP contribution in [0.4, 0.5) is 33.6 Å². The first-order valence-corrected chi connectivity index (χ1v) is 44.3. The average Bonchev–Trinajstić information content (AvgIpc) is 1.13. The molecule has 10 atom stereocenters. The summed E-state index contributed by atoms with van der Waals surface area (Å²) < 4.78 is 150. The fraction of sp³-hybridized carbons (Fsp3) is 0.302. The molecule has 702 valence electrons. The Morgan fingerprint density at radius 3 is 1.16 bits per heavy atom. The number of aromatic nitrogens is 9.